The summed E-state index contributed by atoms with van der Waals surface area (Å²) in [5, 5.41) is 0.857. The van der Waals surface area contributed by atoms with Crippen molar-refractivity contribution in [1.82, 2.24) is 9.97 Å². The van der Waals surface area contributed by atoms with Gasteiger partial charge >= 0.3 is 0 Å². The molecule has 0 bridgehead atoms. The van der Waals surface area contributed by atoms with Crippen molar-refractivity contribution >= 4 is 23.2 Å². The summed E-state index contributed by atoms with van der Waals surface area (Å²) in [6.45, 7) is 4.02. The minimum Gasteiger partial charge on any atom is -0.497 e. The van der Waals surface area contributed by atoms with Gasteiger partial charge in [-0.25, -0.2) is 9.97 Å². The first kappa shape index (κ1) is 15.1. The number of methoxy groups -OCH3 is 1. The van der Waals surface area contributed by atoms with Crippen LogP contribution < -0.4 is 4.74 Å². The number of ether oxygens (including phenoxy) is 1. The molecule has 0 fully saturated rings. The quantitative estimate of drug-likeness (QED) is 0.779. The van der Waals surface area contributed by atoms with E-state index in [1.165, 1.54) is 0 Å². The lowest BCUT2D eigenvalue weighted by atomic mass is 10.1. The third-order valence-corrected chi connectivity index (χ3v) is 3.55. The van der Waals surface area contributed by atoms with Crippen LogP contribution in [0.25, 0.3) is 0 Å². The summed E-state index contributed by atoms with van der Waals surface area (Å²) < 4.78 is 5.20. The Morgan fingerprint density at radius 3 is 2.35 bits per heavy atom. The van der Waals surface area contributed by atoms with E-state index in [4.69, 9.17) is 27.9 Å². The first-order chi connectivity index (χ1) is 9.51. The zero-order valence-corrected chi connectivity index (χ0v) is 13.2. The lowest BCUT2D eigenvalue weighted by Crippen LogP contribution is -2.03. The number of halogens is 2. The van der Waals surface area contributed by atoms with Gasteiger partial charge in [-0.3, -0.25) is 0 Å². The van der Waals surface area contributed by atoms with Gasteiger partial charge in [-0.2, -0.15) is 0 Å². The van der Waals surface area contributed by atoms with Crippen molar-refractivity contribution in [1.29, 1.82) is 0 Å². The minimum atomic E-state index is 0.195. The second kappa shape index (κ2) is 6.42. The molecule has 1 aromatic carbocycles. The number of aromatic nitrogens is 2. The topological polar surface area (TPSA) is 35.0 Å². The number of hydrogen-bond acceptors (Lipinski definition) is 3. The third-order valence-electron chi connectivity index (χ3n) is 2.97. The van der Waals surface area contributed by atoms with Crippen LogP contribution >= 0.6 is 23.2 Å². The van der Waals surface area contributed by atoms with Crippen LogP contribution in [-0.2, 0) is 6.42 Å². The molecule has 5 heteroatoms. The molecule has 0 aliphatic carbocycles. The van der Waals surface area contributed by atoms with Gasteiger partial charge in [-0.1, -0.05) is 49.2 Å². The predicted octanol–water partition coefficient (Wildman–Crippen LogP) is 4.51. The lowest BCUT2D eigenvalue weighted by molar-refractivity contribution is 0.414. The van der Waals surface area contributed by atoms with Crippen molar-refractivity contribution in [2.45, 2.75) is 26.2 Å². The highest BCUT2D eigenvalue weighted by Gasteiger charge is 2.14. The van der Waals surface area contributed by atoms with Gasteiger partial charge < -0.3 is 4.74 Å². The van der Waals surface area contributed by atoms with Crippen LogP contribution in [0, 0.1) is 0 Å². The van der Waals surface area contributed by atoms with E-state index in [-0.39, 0.29) is 5.92 Å². The zero-order chi connectivity index (χ0) is 14.7. The maximum atomic E-state index is 6.19. The molecule has 0 saturated carbocycles. The fourth-order valence-electron chi connectivity index (χ4n) is 1.98. The number of hydrogen-bond donors (Lipinski definition) is 0. The fourth-order valence-corrected chi connectivity index (χ4v) is 2.84. The van der Waals surface area contributed by atoms with Gasteiger partial charge in [-0.15, -0.1) is 0 Å². The van der Waals surface area contributed by atoms with E-state index >= 15 is 0 Å². The number of rotatable bonds is 4. The normalized spacial score (nSPS) is 10.9. The van der Waals surface area contributed by atoms with Gasteiger partial charge in [-0.05, 0) is 23.6 Å². The van der Waals surface area contributed by atoms with E-state index < -0.39 is 0 Å². The van der Waals surface area contributed by atoms with Gasteiger partial charge in [0, 0.05) is 12.0 Å². The van der Waals surface area contributed by atoms with Gasteiger partial charge in [0.15, 0.2) is 0 Å². The summed E-state index contributed by atoms with van der Waals surface area (Å²) in [6.07, 6.45) is 0.564. The van der Waals surface area contributed by atoms with E-state index in [9.17, 15) is 0 Å². The molecule has 0 atom stereocenters. The van der Waals surface area contributed by atoms with Gasteiger partial charge in [0.05, 0.1) is 7.11 Å². The molecule has 0 unspecified atom stereocenters. The van der Waals surface area contributed by atoms with E-state index in [1.54, 1.807) is 7.11 Å². The highest BCUT2D eigenvalue weighted by atomic mass is 35.5. The minimum absolute atomic E-state index is 0.195. The highest BCUT2D eigenvalue weighted by Crippen LogP contribution is 2.29. The molecule has 0 spiro atoms. The van der Waals surface area contributed by atoms with Crippen LogP contribution in [-0.4, -0.2) is 17.1 Å². The third kappa shape index (κ3) is 3.41. The van der Waals surface area contributed by atoms with Crippen molar-refractivity contribution in [3.8, 4) is 5.75 Å². The van der Waals surface area contributed by atoms with Crippen molar-refractivity contribution in [3.63, 3.8) is 0 Å². The van der Waals surface area contributed by atoms with Gasteiger partial charge in [0.2, 0.25) is 0 Å². The first-order valence-corrected chi connectivity index (χ1v) is 7.11. The van der Waals surface area contributed by atoms with Crippen LogP contribution in [0.3, 0.4) is 0 Å². The highest BCUT2D eigenvalue weighted by molar-refractivity contribution is 6.34. The molecule has 106 valence electrons. The van der Waals surface area contributed by atoms with Gasteiger partial charge in [0.1, 0.15) is 21.9 Å². The van der Waals surface area contributed by atoms with Crippen molar-refractivity contribution in [3.05, 3.63) is 51.5 Å². The van der Waals surface area contributed by atoms with E-state index in [0.29, 0.717) is 22.6 Å². The lowest BCUT2D eigenvalue weighted by Gasteiger charge is -2.11. The van der Waals surface area contributed by atoms with Gasteiger partial charge in [0.25, 0.3) is 0 Å². The summed E-state index contributed by atoms with van der Waals surface area (Å²) in [6, 6.07) is 7.76. The van der Waals surface area contributed by atoms with E-state index in [0.717, 1.165) is 16.9 Å². The second-order valence-electron chi connectivity index (χ2n) is 4.82. The van der Waals surface area contributed by atoms with Crippen molar-refractivity contribution in [2.24, 2.45) is 0 Å². The molecule has 3 nitrogen and oxygen atoms in total. The van der Waals surface area contributed by atoms with Crippen LogP contribution in [0.15, 0.2) is 24.3 Å². The Labute approximate surface area is 128 Å². The monoisotopic (exact) mass is 310 g/mol. The fraction of sp³-hybridized carbons (Fsp3) is 0.333. The van der Waals surface area contributed by atoms with Crippen LogP contribution in [0.2, 0.25) is 10.3 Å². The maximum Gasteiger partial charge on any atom is 0.137 e. The molecular formula is C15H16Cl2N2O. The van der Waals surface area contributed by atoms with Crippen LogP contribution in [0.4, 0.5) is 0 Å². The maximum absolute atomic E-state index is 6.19. The Morgan fingerprint density at radius 2 is 1.80 bits per heavy atom. The molecule has 1 aromatic heterocycles. The van der Waals surface area contributed by atoms with Crippen LogP contribution in [0.1, 0.15) is 36.7 Å². The Kier molecular flexibility index (Phi) is 4.84. The summed E-state index contributed by atoms with van der Waals surface area (Å²) >= 11 is 12.4. The Hall–Kier alpha value is -1.32. The molecule has 1 heterocycles. The summed E-state index contributed by atoms with van der Waals surface area (Å²) in [4.78, 5) is 8.67. The standard InChI is InChI=1S/C15H16Cl2N2O/c1-9(2)13-14(16)18-12(19-15(13)17)8-10-5-4-6-11(7-10)20-3/h4-7,9H,8H2,1-3H3. The second-order valence-corrected chi connectivity index (χ2v) is 5.53. The number of nitrogens with zero attached hydrogens (tertiary/aromatic N) is 2. The molecule has 2 aromatic rings. The average molecular weight is 311 g/mol. The molecule has 0 aliphatic heterocycles. The predicted molar refractivity (Wildman–Crippen MR) is 81.9 cm³/mol. The van der Waals surface area contributed by atoms with Crippen LogP contribution in [0.5, 0.6) is 5.75 Å². The SMILES string of the molecule is COc1cccc(Cc2nc(Cl)c(C(C)C)c(Cl)n2)c1. The Bertz CT molecular complexity index is 592. The van der Waals surface area contributed by atoms with E-state index in [2.05, 4.69) is 9.97 Å². The first-order valence-electron chi connectivity index (χ1n) is 6.36. The summed E-state index contributed by atoms with van der Waals surface area (Å²) in [7, 11) is 1.64. The molecule has 0 amide bonds. The molecule has 20 heavy (non-hydrogen) atoms. The number of benzene rings is 1. The molecule has 0 N–H and O–H groups in total. The zero-order valence-electron chi connectivity index (χ0n) is 11.7. The van der Waals surface area contributed by atoms with E-state index in [1.807, 2.05) is 38.1 Å². The largest absolute Gasteiger partial charge is 0.497 e. The average Bonchev–Trinajstić information content (AvgIpc) is 2.37. The van der Waals surface area contributed by atoms with Crippen molar-refractivity contribution < 1.29 is 4.74 Å². The molecule has 2 rings (SSSR count). The molecule has 0 radical (unpaired) electrons. The van der Waals surface area contributed by atoms with Crippen molar-refractivity contribution in [2.75, 3.05) is 7.11 Å². The Balaban J connectivity index is 2.30. The molecular weight excluding hydrogens is 295 g/mol. The molecule has 0 aliphatic rings. The summed E-state index contributed by atoms with van der Waals surface area (Å²) in [5.41, 5.74) is 1.84. The summed E-state index contributed by atoms with van der Waals surface area (Å²) in [5.74, 6) is 1.61. The Morgan fingerprint density at radius 1 is 1.15 bits per heavy atom. The molecule has 0 saturated heterocycles. The smallest absolute Gasteiger partial charge is 0.137 e.